The molecule has 3 rings (SSSR count). The van der Waals surface area contributed by atoms with Crippen LogP contribution in [0.4, 0.5) is 0 Å². The van der Waals surface area contributed by atoms with Crippen LogP contribution < -0.4 is 4.74 Å². The molecule has 25 heavy (non-hydrogen) atoms. The SMILES string of the molecule is CCc1nc(-c2ccc(Oc3c(C)cccc3C)cc2)sc1C(=O)O. The van der Waals surface area contributed by atoms with Gasteiger partial charge >= 0.3 is 5.97 Å². The zero-order valence-corrected chi connectivity index (χ0v) is 15.2. The van der Waals surface area contributed by atoms with E-state index in [9.17, 15) is 9.90 Å². The highest BCUT2D eigenvalue weighted by Crippen LogP contribution is 2.32. The van der Waals surface area contributed by atoms with Gasteiger partial charge in [-0.1, -0.05) is 25.1 Å². The smallest absolute Gasteiger partial charge is 0.347 e. The lowest BCUT2D eigenvalue weighted by molar-refractivity contribution is 0.0701. The molecule has 0 unspecified atom stereocenters. The molecule has 0 spiro atoms. The van der Waals surface area contributed by atoms with Crippen molar-refractivity contribution in [3.8, 4) is 22.1 Å². The number of carbonyl (C=O) groups is 1. The third kappa shape index (κ3) is 3.56. The number of aromatic carboxylic acids is 1. The predicted octanol–water partition coefficient (Wildman–Crippen LogP) is 5.48. The molecule has 0 aliphatic rings. The fourth-order valence-corrected chi connectivity index (χ4v) is 3.62. The number of hydrogen-bond acceptors (Lipinski definition) is 4. The molecule has 2 aromatic carbocycles. The summed E-state index contributed by atoms with van der Waals surface area (Å²) in [6, 6.07) is 13.6. The Bertz CT molecular complexity index is 893. The van der Waals surface area contributed by atoms with E-state index in [4.69, 9.17) is 4.74 Å². The average molecular weight is 353 g/mol. The number of ether oxygens (including phenoxy) is 1. The first-order valence-corrected chi connectivity index (χ1v) is 8.88. The van der Waals surface area contributed by atoms with Crippen molar-refractivity contribution < 1.29 is 14.6 Å². The summed E-state index contributed by atoms with van der Waals surface area (Å²) in [7, 11) is 0. The van der Waals surface area contributed by atoms with E-state index in [-0.39, 0.29) is 0 Å². The molecule has 4 nitrogen and oxygen atoms in total. The lowest BCUT2D eigenvalue weighted by Crippen LogP contribution is -1.97. The lowest BCUT2D eigenvalue weighted by Gasteiger charge is -2.11. The van der Waals surface area contributed by atoms with Crippen LogP contribution in [-0.4, -0.2) is 16.1 Å². The van der Waals surface area contributed by atoms with Crippen molar-refractivity contribution in [3.05, 3.63) is 64.2 Å². The molecule has 0 aliphatic carbocycles. The molecule has 0 bridgehead atoms. The number of rotatable bonds is 5. The largest absolute Gasteiger partial charge is 0.477 e. The summed E-state index contributed by atoms with van der Waals surface area (Å²) in [4.78, 5) is 16.1. The Kier molecular flexibility index (Phi) is 4.86. The topological polar surface area (TPSA) is 59.4 Å². The number of benzene rings is 2. The van der Waals surface area contributed by atoms with Crippen LogP contribution >= 0.6 is 11.3 Å². The maximum absolute atomic E-state index is 11.3. The van der Waals surface area contributed by atoms with E-state index in [1.807, 2.05) is 63.2 Å². The van der Waals surface area contributed by atoms with Crippen molar-refractivity contribution >= 4 is 17.3 Å². The van der Waals surface area contributed by atoms with Gasteiger partial charge in [0.25, 0.3) is 0 Å². The van der Waals surface area contributed by atoms with Gasteiger partial charge in [-0.05, 0) is 55.7 Å². The normalized spacial score (nSPS) is 10.7. The molecule has 5 heteroatoms. The molecular formula is C20H19NO3S. The van der Waals surface area contributed by atoms with Gasteiger partial charge in [-0.25, -0.2) is 9.78 Å². The summed E-state index contributed by atoms with van der Waals surface area (Å²) >= 11 is 1.21. The van der Waals surface area contributed by atoms with Gasteiger partial charge in [-0.2, -0.15) is 0 Å². The molecule has 1 heterocycles. The molecule has 0 fully saturated rings. The third-order valence-corrected chi connectivity index (χ3v) is 5.09. The molecular weight excluding hydrogens is 334 g/mol. The second-order valence-corrected chi connectivity index (χ2v) is 6.80. The zero-order valence-electron chi connectivity index (χ0n) is 14.4. The molecule has 0 saturated heterocycles. The van der Waals surface area contributed by atoms with Crippen molar-refractivity contribution in [2.45, 2.75) is 27.2 Å². The standard InChI is InChI=1S/C20H19NO3S/c1-4-16-18(20(22)23)25-19(21-16)14-8-10-15(11-9-14)24-17-12(2)6-5-7-13(17)3/h5-11H,4H2,1-3H3,(H,22,23). The zero-order chi connectivity index (χ0) is 18.0. The molecule has 0 aliphatic heterocycles. The van der Waals surface area contributed by atoms with Crippen LogP contribution in [0.5, 0.6) is 11.5 Å². The molecule has 0 amide bonds. The molecule has 0 atom stereocenters. The first-order chi connectivity index (χ1) is 12.0. The first-order valence-electron chi connectivity index (χ1n) is 8.07. The quantitative estimate of drug-likeness (QED) is 0.660. The number of hydrogen-bond donors (Lipinski definition) is 1. The molecule has 128 valence electrons. The minimum Gasteiger partial charge on any atom is -0.477 e. The van der Waals surface area contributed by atoms with Gasteiger partial charge in [0.15, 0.2) is 0 Å². The highest BCUT2D eigenvalue weighted by atomic mass is 32.1. The molecule has 0 saturated carbocycles. The van der Waals surface area contributed by atoms with Gasteiger partial charge in [0.05, 0.1) is 5.69 Å². The Morgan fingerprint density at radius 2 is 1.76 bits per heavy atom. The monoisotopic (exact) mass is 353 g/mol. The van der Waals surface area contributed by atoms with Crippen LogP contribution in [0.2, 0.25) is 0 Å². The molecule has 0 radical (unpaired) electrons. The number of para-hydroxylation sites is 1. The maximum Gasteiger partial charge on any atom is 0.347 e. The fraction of sp³-hybridized carbons (Fsp3) is 0.200. The Hall–Kier alpha value is -2.66. The third-order valence-electron chi connectivity index (χ3n) is 3.96. The first kappa shape index (κ1) is 17.2. The van der Waals surface area contributed by atoms with E-state index < -0.39 is 5.97 Å². The predicted molar refractivity (Wildman–Crippen MR) is 99.9 cm³/mol. The number of aromatic nitrogens is 1. The van der Waals surface area contributed by atoms with Crippen LogP contribution in [0.15, 0.2) is 42.5 Å². The van der Waals surface area contributed by atoms with Crippen LogP contribution in [0, 0.1) is 13.8 Å². The van der Waals surface area contributed by atoms with Gasteiger partial charge in [0, 0.05) is 5.56 Å². The minimum atomic E-state index is -0.921. The van der Waals surface area contributed by atoms with Gasteiger partial charge in [0.1, 0.15) is 21.4 Å². The maximum atomic E-state index is 11.3. The number of nitrogens with zero attached hydrogens (tertiary/aromatic N) is 1. The average Bonchev–Trinajstić information content (AvgIpc) is 3.03. The summed E-state index contributed by atoms with van der Waals surface area (Å²) in [5.41, 5.74) is 3.69. The van der Waals surface area contributed by atoms with E-state index in [1.165, 1.54) is 11.3 Å². The second kappa shape index (κ2) is 7.07. The molecule has 1 N–H and O–H groups in total. The Balaban J connectivity index is 1.87. The minimum absolute atomic E-state index is 0.313. The van der Waals surface area contributed by atoms with Crippen LogP contribution in [-0.2, 0) is 6.42 Å². The highest BCUT2D eigenvalue weighted by molar-refractivity contribution is 7.17. The van der Waals surface area contributed by atoms with E-state index >= 15 is 0 Å². The Morgan fingerprint density at radius 1 is 1.12 bits per heavy atom. The fourth-order valence-electron chi connectivity index (χ4n) is 2.63. The summed E-state index contributed by atoms with van der Waals surface area (Å²) in [6.45, 7) is 5.95. The van der Waals surface area contributed by atoms with E-state index in [2.05, 4.69) is 4.98 Å². The van der Waals surface area contributed by atoms with E-state index in [0.717, 1.165) is 28.2 Å². The van der Waals surface area contributed by atoms with Crippen molar-refractivity contribution in [3.63, 3.8) is 0 Å². The summed E-state index contributed by atoms with van der Waals surface area (Å²) in [5.74, 6) is 0.688. The van der Waals surface area contributed by atoms with Gasteiger partial charge in [0.2, 0.25) is 0 Å². The van der Waals surface area contributed by atoms with Crippen LogP contribution in [0.1, 0.15) is 33.4 Å². The lowest BCUT2D eigenvalue weighted by atomic mass is 10.1. The molecule has 1 aromatic heterocycles. The van der Waals surface area contributed by atoms with E-state index in [1.54, 1.807) is 0 Å². The number of carboxylic acids is 1. The second-order valence-electron chi connectivity index (χ2n) is 5.80. The van der Waals surface area contributed by atoms with Gasteiger partial charge in [-0.3, -0.25) is 0 Å². The van der Waals surface area contributed by atoms with Crippen molar-refractivity contribution in [2.75, 3.05) is 0 Å². The number of aryl methyl sites for hydroxylation is 3. The van der Waals surface area contributed by atoms with Crippen molar-refractivity contribution in [2.24, 2.45) is 0 Å². The van der Waals surface area contributed by atoms with Gasteiger partial charge in [-0.15, -0.1) is 11.3 Å². The van der Waals surface area contributed by atoms with Crippen molar-refractivity contribution in [1.82, 2.24) is 4.98 Å². The van der Waals surface area contributed by atoms with Crippen molar-refractivity contribution in [1.29, 1.82) is 0 Å². The molecule has 3 aromatic rings. The summed E-state index contributed by atoms with van der Waals surface area (Å²) in [5, 5.41) is 9.98. The number of thiazole rings is 1. The van der Waals surface area contributed by atoms with E-state index in [0.29, 0.717) is 22.0 Å². The highest BCUT2D eigenvalue weighted by Gasteiger charge is 2.17. The Labute approximate surface area is 150 Å². The van der Waals surface area contributed by atoms with Crippen LogP contribution in [0.3, 0.4) is 0 Å². The van der Waals surface area contributed by atoms with Crippen LogP contribution in [0.25, 0.3) is 10.6 Å². The Morgan fingerprint density at radius 3 is 2.28 bits per heavy atom. The number of carboxylic acid groups (broad SMARTS) is 1. The van der Waals surface area contributed by atoms with Gasteiger partial charge < -0.3 is 9.84 Å². The summed E-state index contributed by atoms with van der Waals surface area (Å²) < 4.78 is 6.01. The summed E-state index contributed by atoms with van der Waals surface area (Å²) in [6.07, 6.45) is 0.603.